The molecule has 1 aliphatic carbocycles. The monoisotopic (exact) mass is 270 g/mol. The first-order valence-corrected chi connectivity index (χ1v) is 9.65. The van der Waals surface area contributed by atoms with Gasteiger partial charge in [0.15, 0.2) is 5.41 Å². The van der Waals surface area contributed by atoms with Crippen LogP contribution in [-0.4, -0.2) is 34.2 Å². The third kappa shape index (κ3) is 2.23. The summed E-state index contributed by atoms with van der Waals surface area (Å²) >= 11 is 0. The summed E-state index contributed by atoms with van der Waals surface area (Å²) in [6.07, 6.45) is 1.33. The molecule has 0 aromatic carbocycles. The maximum Gasteiger partial charge on any atom is 0.327 e. The van der Waals surface area contributed by atoms with Gasteiger partial charge in [-0.05, 0) is 12.0 Å². The van der Waals surface area contributed by atoms with Gasteiger partial charge in [-0.3, -0.25) is 9.59 Å². The molecule has 0 aromatic rings. The third-order valence-electron chi connectivity index (χ3n) is 3.52. The van der Waals surface area contributed by atoms with Gasteiger partial charge in [-0.2, -0.15) is 0 Å². The van der Waals surface area contributed by atoms with Crippen LogP contribution in [0.4, 0.5) is 0 Å². The first kappa shape index (κ1) is 15.0. The molecule has 0 spiro atoms. The number of rotatable bonds is 4. The number of hydrogen-bond acceptors (Lipinski definition) is 4. The van der Waals surface area contributed by atoms with Crippen LogP contribution in [0.2, 0.25) is 19.6 Å². The van der Waals surface area contributed by atoms with Gasteiger partial charge < -0.3 is 9.47 Å². The van der Waals surface area contributed by atoms with Crippen LogP contribution in [-0.2, 0) is 19.1 Å². The number of hydrogen-bond donors (Lipinski definition) is 0. The van der Waals surface area contributed by atoms with E-state index in [-0.39, 0.29) is 0 Å². The molecule has 0 saturated heterocycles. The Balaban J connectivity index is 3.27. The van der Waals surface area contributed by atoms with Crippen molar-refractivity contribution < 1.29 is 19.1 Å². The molecule has 0 amide bonds. The van der Waals surface area contributed by atoms with E-state index in [1.807, 2.05) is 0 Å². The van der Waals surface area contributed by atoms with E-state index in [1.165, 1.54) is 19.4 Å². The Morgan fingerprint density at radius 2 is 1.61 bits per heavy atom. The minimum absolute atomic E-state index is 0.458. The van der Waals surface area contributed by atoms with Crippen molar-refractivity contribution in [1.82, 2.24) is 0 Å². The predicted octanol–water partition coefficient (Wildman–Crippen LogP) is 2.31. The zero-order valence-corrected chi connectivity index (χ0v) is 13.0. The molecule has 0 unspecified atom stereocenters. The fraction of sp³-hybridized carbons (Fsp3) is 0.692. The molecule has 1 saturated carbocycles. The molecule has 0 aliphatic heterocycles. The van der Waals surface area contributed by atoms with Gasteiger partial charge >= 0.3 is 11.9 Å². The van der Waals surface area contributed by atoms with Crippen LogP contribution >= 0.6 is 0 Å². The molecule has 0 atom stereocenters. The van der Waals surface area contributed by atoms with Crippen LogP contribution in [0.15, 0.2) is 10.8 Å². The summed E-state index contributed by atoms with van der Waals surface area (Å²) in [7, 11) is 1.09. The Kier molecular flexibility index (Phi) is 4.05. The molecular formula is C13H22O4Si. The fourth-order valence-electron chi connectivity index (χ4n) is 2.60. The molecule has 18 heavy (non-hydrogen) atoms. The highest BCUT2D eigenvalue weighted by molar-refractivity contribution is 6.83. The van der Waals surface area contributed by atoms with Crippen LogP contribution in [0.3, 0.4) is 0 Å². The summed E-state index contributed by atoms with van der Waals surface area (Å²) in [5.41, 5.74) is -0.211. The van der Waals surface area contributed by atoms with Crippen molar-refractivity contribution in [3.8, 4) is 0 Å². The van der Waals surface area contributed by atoms with Gasteiger partial charge in [0.1, 0.15) is 0 Å². The Morgan fingerprint density at radius 1 is 1.17 bits per heavy atom. The largest absolute Gasteiger partial charge is 0.468 e. The quantitative estimate of drug-likeness (QED) is 0.447. The molecule has 0 heterocycles. The van der Waals surface area contributed by atoms with Gasteiger partial charge in [-0.25, -0.2) is 0 Å². The van der Waals surface area contributed by atoms with Crippen LogP contribution < -0.4 is 0 Å². The van der Waals surface area contributed by atoms with Crippen molar-refractivity contribution in [2.75, 3.05) is 14.2 Å². The zero-order chi connectivity index (χ0) is 14.1. The van der Waals surface area contributed by atoms with Crippen LogP contribution in [0.5, 0.6) is 0 Å². The van der Waals surface area contributed by atoms with Crippen LogP contribution in [0, 0.1) is 5.41 Å². The average Bonchev–Trinajstić information content (AvgIpc) is 3.02. The van der Waals surface area contributed by atoms with Gasteiger partial charge in [0, 0.05) is 6.42 Å². The van der Waals surface area contributed by atoms with Crippen LogP contribution in [0.1, 0.15) is 19.8 Å². The van der Waals surface area contributed by atoms with Gasteiger partial charge in [0.05, 0.1) is 22.3 Å². The highest BCUT2D eigenvalue weighted by Gasteiger charge is 2.65. The smallest absolute Gasteiger partial charge is 0.327 e. The second-order valence-electron chi connectivity index (χ2n) is 5.63. The second-order valence-corrected chi connectivity index (χ2v) is 10.7. The molecule has 0 bridgehead atoms. The molecule has 0 aromatic heterocycles. The van der Waals surface area contributed by atoms with Crippen molar-refractivity contribution in [2.24, 2.45) is 5.41 Å². The Bertz CT molecular complexity index is 388. The van der Waals surface area contributed by atoms with E-state index in [0.29, 0.717) is 6.42 Å². The molecular weight excluding hydrogens is 248 g/mol. The van der Waals surface area contributed by atoms with Crippen molar-refractivity contribution in [3.05, 3.63) is 10.8 Å². The third-order valence-corrected chi connectivity index (χ3v) is 5.99. The van der Waals surface area contributed by atoms with E-state index in [1.54, 1.807) is 0 Å². The topological polar surface area (TPSA) is 52.6 Å². The number of ether oxygens (including phenoxy) is 2. The van der Waals surface area contributed by atoms with Crippen molar-refractivity contribution in [3.63, 3.8) is 0 Å². The molecule has 4 nitrogen and oxygen atoms in total. The fourth-order valence-corrected chi connectivity index (χ4v) is 4.87. The summed E-state index contributed by atoms with van der Waals surface area (Å²) in [5.74, 6) is -0.984. The standard InChI is InChI=1S/C13H22O4Si/c1-7-10(18(4,5)6)9-8-13(9,11(14)16-2)12(15)17-3/h7-8H2,1-6H3/b10-9-. The normalized spacial score (nSPS) is 20.1. The predicted molar refractivity (Wildman–Crippen MR) is 71.7 cm³/mol. The van der Waals surface area contributed by atoms with Gasteiger partial charge in [-0.15, -0.1) is 0 Å². The van der Waals surface area contributed by atoms with Gasteiger partial charge in [-0.1, -0.05) is 31.8 Å². The van der Waals surface area contributed by atoms with Crippen molar-refractivity contribution in [1.29, 1.82) is 0 Å². The highest BCUT2D eigenvalue weighted by Crippen LogP contribution is 2.57. The number of carbonyl (C=O) groups is 2. The van der Waals surface area contributed by atoms with Crippen molar-refractivity contribution in [2.45, 2.75) is 39.4 Å². The molecule has 1 aliphatic rings. The molecule has 0 radical (unpaired) electrons. The first-order valence-electron chi connectivity index (χ1n) is 6.15. The van der Waals surface area contributed by atoms with E-state index >= 15 is 0 Å². The van der Waals surface area contributed by atoms with Crippen LogP contribution in [0.25, 0.3) is 0 Å². The average molecular weight is 270 g/mol. The van der Waals surface area contributed by atoms with Gasteiger partial charge in [0.25, 0.3) is 0 Å². The number of carbonyl (C=O) groups excluding carboxylic acids is 2. The van der Waals surface area contributed by atoms with E-state index < -0.39 is 25.4 Å². The molecule has 1 fully saturated rings. The van der Waals surface area contributed by atoms with Gasteiger partial charge in [0.2, 0.25) is 0 Å². The van der Waals surface area contributed by atoms with E-state index in [9.17, 15) is 9.59 Å². The minimum atomic E-state index is -1.53. The first-order chi connectivity index (χ1) is 8.25. The minimum Gasteiger partial charge on any atom is -0.468 e. The van der Waals surface area contributed by atoms with E-state index in [4.69, 9.17) is 9.47 Å². The number of esters is 2. The van der Waals surface area contributed by atoms with E-state index in [0.717, 1.165) is 12.0 Å². The maximum atomic E-state index is 11.9. The Hall–Kier alpha value is -1.10. The summed E-state index contributed by atoms with van der Waals surface area (Å²) in [5, 5.41) is 1.28. The SMILES string of the molecule is CC/C(=C1\CC1(C(=O)OC)C(=O)OC)[Si](C)(C)C. The number of methoxy groups -OCH3 is 2. The van der Waals surface area contributed by atoms with Crippen molar-refractivity contribution >= 4 is 20.0 Å². The lowest BCUT2D eigenvalue weighted by Crippen LogP contribution is -2.31. The molecule has 102 valence electrons. The summed E-state index contributed by atoms with van der Waals surface area (Å²) < 4.78 is 9.56. The molecule has 5 heteroatoms. The molecule has 0 N–H and O–H groups in total. The second kappa shape index (κ2) is 4.88. The summed E-state index contributed by atoms with van der Waals surface area (Å²) in [6, 6.07) is 0. The summed E-state index contributed by atoms with van der Waals surface area (Å²) in [6.45, 7) is 8.72. The highest BCUT2D eigenvalue weighted by atomic mass is 28.3. The maximum absolute atomic E-state index is 11.9. The summed E-state index contributed by atoms with van der Waals surface area (Å²) in [4.78, 5) is 23.8. The molecule has 1 rings (SSSR count). The Labute approximate surface area is 109 Å². The lowest BCUT2D eigenvalue weighted by molar-refractivity contribution is -0.160. The lowest BCUT2D eigenvalue weighted by atomic mass is 10.1. The zero-order valence-electron chi connectivity index (χ0n) is 12.0. The lowest BCUT2D eigenvalue weighted by Gasteiger charge is -2.21. The number of allylic oxidation sites excluding steroid dienone is 1. The van der Waals surface area contributed by atoms with E-state index in [2.05, 4.69) is 26.6 Å². The Morgan fingerprint density at radius 3 is 1.89 bits per heavy atom.